The number of aromatic amines is 1. The van der Waals surface area contributed by atoms with Crippen LogP contribution in [-0.2, 0) is 30.6 Å². The number of aryl methyl sites for hydroxylation is 1. The van der Waals surface area contributed by atoms with Crippen molar-refractivity contribution in [2.24, 2.45) is 0 Å². The van der Waals surface area contributed by atoms with Crippen molar-refractivity contribution in [1.82, 2.24) is 19.8 Å². The van der Waals surface area contributed by atoms with Crippen LogP contribution in [0.15, 0.2) is 30.5 Å². The highest BCUT2D eigenvalue weighted by atomic mass is 16.2. The fourth-order valence-electron chi connectivity index (χ4n) is 5.54. The molecular weight excluding hydrogens is 348 g/mol. The number of nitrogens with zero attached hydrogens (tertiary/aromatic N) is 3. The molecule has 5 rings (SSSR count). The molecule has 5 heteroatoms. The lowest BCUT2D eigenvalue weighted by molar-refractivity contribution is -0.131. The Bertz CT molecular complexity index is 835. The van der Waals surface area contributed by atoms with E-state index in [0.717, 1.165) is 44.6 Å². The molecule has 0 radical (unpaired) electrons. The summed E-state index contributed by atoms with van der Waals surface area (Å²) in [6.45, 7) is 4.16. The molecule has 1 aromatic heterocycles. The first-order valence-electron chi connectivity index (χ1n) is 10.9. The largest absolute Gasteiger partial charge is 0.345 e. The maximum absolute atomic E-state index is 12.9. The lowest BCUT2D eigenvalue weighted by Gasteiger charge is -2.30. The SMILES string of the molecule is CCCCc1ncc(CN2CC[C@H]3[C@@H]2CC(=O)N3C2Cc3ccccc3C2)[nH]1. The van der Waals surface area contributed by atoms with Crippen molar-refractivity contribution in [2.75, 3.05) is 6.54 Å². The molecule has 0 unspecified atom stereocenters. The number of carbonyl (C=O) groups is 1. The summed E-state index contributed by atoms with van der Waals surface area (Å²) >= 11 is 0. The zero-order chi connectivity index (χ0) is 19.1. The Hall–Kier alpha value is -2.14. The number of rotatable bonds is 6. The van der Waals surface area contributed by atoms with E-state index in [4.69, 9.17) is 0 Å². The van der Waals surface area contributed by atoms with Crippen molar-refractivity contribution in [3.63, 3.8) is 0 Å². The van der Waals surface area contributed by atoms with Gasteiger partial charge in [-0.25, -0.2) is 4.98 Å². The smallest absolute Gasteiger partial charge is 0.224 e. The van der Waals surface area contributed by atoms with Gasteiger partial charge in [0.05, 0.1) is 0 Å². The molecule has 1 N–H and O–H groups in total. The molecule has 1 amide bonds. The maximum atomic E-state index is 12.9. The summed E-state index contributed by atoms with van der Waals surface area (Å²) in [7, 11) is 0. The minimum atomic E-state index is 0.353. The van der Waals surface area contributed by atoms with Gasteiger partial charge in [-0.15, -0.1) is 0 Å². The number of benzene rings is 1. The number of unbranched alkanes of at least 4 members (excludes halogenated alkanes) is 1. The van der Waals surface area contributed by atoms with Crippen LogP contribution in [0.3, 0.4) is 0 Å². The fraction of sp³-hybridized carbons (Fsp3) is 0.565. The lowest BCUT2D eigenvalue weighted by Crippen LogP contribution is -2.44. The van der Waals surface area contributed by atoms with E-state index in [1.807, 2.05) is 6.20 Å². The average molecular weight is 379 g/mol. The first-order chi connectivity index (χ1) is 13.7. The Morgan fingerprint density at radius 1 is 1.14 bits per heavy atom. The Labute approximate surface area is 167 Å². The normalized spacial score (nSPS) is 24.9. The molecule has 2 fully saturated rings. The number of carbonyl (C=O) groups excluding carboxylic acids is 1. The van der Waals surface area contributed by atoms with Gasteiger partial charge in [0.25, 0.3) is 0 Å². The second-order valence-corrected chi connectivity index (χ2v) is 8.69. The molecule has 2 aromatic rings. The molecule has 3 heterocycles. The number of amides is 1. The van der Waals surface area contributed by atoms with Crippen LogP contribution in [0.25, 0.3) is 0 Å². The Morgan fingerprint density at radius 3 is 2.68 bits per heavy atom. The number of fused-ring (bicyclic) bond motifs is 2. The second kappa shape index (κ2) is 7.36. The number of nitrogens with one attached hydrogen (secondary N) is 1. The average Bonchev–Trinajstić information content (AvgIpc) is 3.45. The summed E-state index contributed by atoms with van der Waals surface area (Å²) in [5.41, 5.74) is 4.04. The highest BCUT2D eigenvalue weighted by molar-refractivity contribution is 5.81. The third kappa shape index (κ3) is 3.16. The van der Waals surface area contributed by atoms with E-state index in [9.17, 15) is 4.79 Å². The van der Waals surface area contributed by atoms with Crippen molar-refractivity contribution < 1.29 is 4.79 Å². The molecule has 0 spiro atoms. The van der Waals surface area contributed by atoms with Crippen LogP contribution >= 0.6 is 0 Å². The highest BCUT2D eigenvalue weighted by Crippen LogP contribution is 2.38. The van der Waals surface area contributed by atoms with Crippen LogP contribution in [-0.4, -0.2) is 50.3 Å². The predicted molar refractivity (Wildman–Crippen MR) is 109 cm³/mol. The molecule has 148 valence electrons. The quantitative estimate of drug-likeness (QED) is 0.840. The van der Waals surface area contributed by atoms with E-state index in [-0.39, 0.29) is 0 Å². The third-order valence-corrected chi connectivity index (χ3v) is 6.90. The summed E-state index contributed by atoms with van der Waals surface area (Å²) in [5, 5.41) is 0. The molecule has 2 aliphatic heterocycles. The van der Waals surface area contributed by atoms with Gasteiger partial charge in [-0.1, -0.05) is 37.6 Å². The summed E-state index contributed by atoms with van der Waals surface area (Å²) in [6, 6.07) is 9.78. The van der Waals surface area contributed by atoms with Crippen molar-refractivity contribution in [1.29, 1.82) is 0 Å². The molecule has 28 heavy (non-hydrogen) atoms. The van der Waals surface area contributed by atoms with E-state index in [2.05, 4.69) is 51.0 Å². The van der Waals surface area contributed by atoms with E-state index < -0.39 is 0 Å². The molecule has 2 atom stereocenters. The van der Waals surface area contributed by atoms with E-state index >= 15 is 0 Å². The summed E-state index contributed by atoms with van der Waals surface area (Å²) < 4.78 is 0. The molecule has 3 aliphatic rings. The van der Waals surface area contributed by atoms with Gasteiger partial charge >= 0.3 is 0 Å². The van der Waals surface area contributed by atoms with E-state index in [1.165, 1.54) is 29.7 Å². The minimum absolute atomic E-state index is 0.353. The van der Waals surface area contributed by atoms with Gasteiger partial charge in [0, 0.05) is 55.9 Å². The van der Waals surface area contributed by atoms with Gasteiger partial charge in [-0.2, -0.15) is 0 Å². The van der Waals surface area contributed by atoms with E-state index in [0.29, 0.717) is 30.5 Å². The summed E-state index contributed by atoms with van der Waals surface area (Å²) in [4.78, 5) is 25.7. The van der Waals surface area contributed by atoms with Gasteiger partial charge in [0.2, 0.25) is 5.91 Å². The summed E-state index contributed by atoms with van der Waals surface area (Å²) in [5.74, 6) is 1.45. The number of hydrogen-bond acceptors (Lipinski definition) is 3. The number of aromatic nitrogens is 2. The number of H-pyrrole nitrogens is 1. The maximum Gasteiger partial charge on any atom is 0.224 e. The number of likely N-dealkylation sites (tertiary alicyclic amines) is 2. The predicted octanol–water partition coefficient (Wildman–Crippen LogP) is 3.09. The van der Waals surface area contributed by atoms with Crippen LogP contribution in [0, 0.1) is 0 Å². The van der Waals surface area contributed by atoms with Crippen molar-refractivity contribution in [2.45, 2.75) is 76.5 Å². The first kappa shape index (κ1) is 17.9. The summed E-state index contributed by atoms with van der Waals surface area (Å²) in [6.07, 6.45) is 9.19. The monoisotopic (exact) mass is 378 g/mol. The molecule has 5 nitrogen and oxygen atoms in total. The van der Waals surface area contributed by atoms with Crippen LogP contribution < -0.4 is 0 Å². The van der Waals surface area contributed by atoms with E-state index in [1.54, 1.807) is 0 Å². The molecule has 0 bridgehead atoms. The Kier molecular flexibility index (Phi) is 4.71. The molecule has 2 saturated heterocycles. The van der Waals surface area contributed by atoms with Gasteiger partial charge in [-0.05, 0) is 36.8 Å². The van der Waals surface area contributed by atoms with Gasteiger partial charge < -0.3 is 9.88 Å². The number of hydrogen-bond donors (Lipinski definition) is 1. The Balaban J connectivity index is 1.25. The van der Waals surface area contributed by atoms with Crippen LogP contribution in [0.5, 0.6) is 0 Å². The minimum Gasteiger partial charge on any atom is -0.345 e. The first-order valence-corrected chi connectivity index (χ1v) is 10.9. The standard InChI is InChI=1S/C23H30N4O/c1-2-3-8-22-24-14-18(25-22)15-26-10-9-20-21(26)13-23(28)27(20)19-11-16-6-4-5-7-17(16)12-19/h4-7,14,19-21H,2-3,8-13,15H2,1H3,(H,24,25)/t20-,21-/m0/s1. The second-order valence-electron chi connectivity index (χ2n) is 8.69. The third-order valence-electron chi connectivity index (χ3n) is 6.90. The molecule has 1 aromatic carbocycles. The fourth-order valence-corrected chi connectivity index (χ4v) is 5.54. The van der Waals surface area contributed by atoms with Crippen LogP contribution in [0.2, 0.25) is 0 Å². The molecule has 0 saturated carbocycles. The Morgan fingerprint density at radius 2 is 1.93 bits per heavy atom. The van der Waals surface area contributed by atoms with Crippen molar-refractivity contribution in [3.05, 3.63) is 53.1 Å². The van der Waals surface area contributed by atoms with Gasteiger partial charge in [0.1, 0.15) is 5.82 Å². The lowest BCUT2D eigenvalue weighted by atomic mass is 10.1. The zero-order valence-electron chi connectivity index (χ0n) is 16.7. The van der Waals surface area contributed by atoms with Gasteiger partial charge in [-0.3, -0.25) is 9.69 Å². The molecular formula is C23H30N4O. The van der Waals surface area contributed by atoms with Crippen LogP contribution in [0.1, 0.15) is 55.3 Å². The topological polar surface area (TPSA) is 52.2 Å². The number of imidazole rings is 1. The highest BCUT2D eigenvalue weighted by Gasteiger charge is 2.49. The van der Waals surface area contributed by atoms with Crippen LogP contribution in [0.4, 0.5) is 0 Å². The zero-order valence-corrected chi connectivity index (χ0v) is 16.7. The van der Waals surface area contributed by atoms with Crippen molar-refractivity contribution >= 4 is 5.91 Å². The molecule has 1 aliphatic carbocycles. The van der Waals surface area contributed by atoms with Crippen molar-refractivity contribution in [3.8, 4) is 0 Å². The van der Waals surface area contributed by atoms with Gasteiger partial charge in [0.15, 0.2) is 0 Å².